The minimum absolute atomic E-state index is 0.0404. The molecule has 1 atom stereocenters. The van der Waals surface area contributed by atoms with E-state index in [9.17, 15) is 31.1 Å². The molecule has 0 aliphatic heterocycles. The summed E-state index contributed by atoms with van der Waals surface area (Å²) in [6.07, 6.45) is -10.4. The van der Waals surface area contributed by atoms with Crippen molar-refractivity contribution in [2.45, 2.75) is 31.7 Å². The number of carbonyl (C=O) groups excluding carboxylic acids is 1. The molecule has 22 heavy (non-hydrogen) atoms. The molecule has 9 heteroatoms. The van der Waals surface area contributed by atoms with Gasteiger partial charge in [-0.05, 0) is 37.1 Å². The zero-order valence-electron chi connectivity index (χ0n) is 11.4. The van der Waals surface area contributed by atoms with E-state index in [2.05, 4.69) is 4.74 Å². The summed E-state index contributed by atoms with van der Waals surface area (Å²) in [5.41, 5.74) is 2.17. The molecule has 0 heterocycles. The van der Waals surface area contributed by atoms with E-state index in [1.807, 2.05) is 0 Å². The van der Waals surface area contributed by atoms with Crippen molar-refractivity contribution < 1.29 is 35.9 Å². The van der Waals surface area contributed by atoms with Crippen LogP contribution >= 0.6 is 0 Å². The largest absolute Gasteiger partial charge is 0.465 e. The first kappa shape index (κ1) is 18.3. The predicted molar refractivity (Wildman–Crippen MR) is 64.8 cm³/mol. The van der Waals surface area contributed by atoms with Crippen LogP contribution in [0, 0.1) is 0 Å². The van der Waals surface area contributed by atoms with E-state index in [-0.39, 0.29) is 6.61 Å². The number of carbonyl (C=O) groups is 1. The van der Waals surface area contributed by atoms with E-state index in [4.69, 9.17) is 5.73 Å². The second-order valence-electron chi connectivity index (χ2n) is 4.43. The minimum atomic E-state index is -4.85. The molecule has 2 N–H and O–H groups in total. The molecule has 0 saturated heterocycles. The highest BCUT2D eigenvalue weighted by Crippen LogP contribution is 2.36. The van der Waals surface area contributed by atoms with Gasteiger partial charge in [0, 0.05) is 0 Å². The Morgan fingerprint density at radius 3 is 2.23 bits per heavy atom. The lowest BCUT2D eigenvalue weighted by Crippen LogP contribution is -2.35. The Kier molecular flexibility index (Phi) is 5.44. The maximum Gasteiger partial charge on any atom is 0.416 e. The molecule has 0 spiro atoms. The first-order valence-electron chi connectivity index (χ1n) is 6.16. The Balaban J connectivity index is 3.20. The molecule has 0 aliphatic rings. The summed E-state index contributed by atoms with van der Waals surface area (Å²) in [4.78, 5) is 11.3. The number of halogens is 6. The van der Waals surface area contributed by atoms with E-state index in [1.165, 1.54) is 6.92 Å². The maximum atomic E-state index is 12.8. The normalized spacial score (nSPS) is 13.8. The van der Waals surface area contributed by atoms with Crippen LogP contribution in [0.2, 0.25) is 0 Å². The third-order valence-electron chi connectivity index (χ3n) is 2.77. The summed E-state index contributed by atoms with van der Waals surface area (Å²) in [7, 11) is 0. The van der Waals surface area contributed by atoms with Gasteiger partial charge < -0.3 is 10.5 Å². The van der Waals surface area contributed by atoms with Gasteiger partial charge in [-0.3, -0.25) is 4.79 Å². The van der Waals surface area contributed by atoms with Gasteiger partial charge >= 0.3 is 18.3 Å². The molecule has 0 aliphatic carbocycles. The molecule has 0 fully saturated rings. The average Bonchev–Trinajstić information content (AvgIpc) is 2.36. The molecule has 1 rings (SSSR count). The van der Waals surface area contributed by atoms with Gasteiger partial charge in [0.1, 0.15) is 6.04 Å². The summed E-state index contributed by atoms with van der Waals surface area (Å²) in [5.74, 6) is -0.979. The van der Waals surface area contributed by atoms with Crippen LogP contribution in [0.3, 0.4) is 0 Å². The molecule has 0 saturated carbocycles. The number of esters is 1. The number of ether oxygens (including phenoxy) is 1. The summed E-state index contributed by atoms with van der Waals surface area (Å²) < 4.78 is 80.9. The van der Waals surface area contributed by atoms with Crippen LogP contribution in [-0.4, -0.2) is 18.6 Å². The van der Waals surface area contributed by atoms with E-state index < -0.39 is 47.5 Å². The lowest BCUT2D eigenvalue weighted by atomic mass is 9.97. The highest BCUT2D eigenvalue weighted by molar-refractivity contribution is 5.76. The molecule has 1 unspecified atom stereocenters. The van der Waals surface area contributed by atoms with Crippen molar-refractivity contribution in [1.29, 1.82) is 0 Å². The van der Waals surface area contributed by atoms with Gasteiger partial charge in [-0.15, -0.1) is 0 Å². The minimum Gasteiger partial charge on any atom is -0.465 e. The lowest BCUT2D eigenvalue weighted by molar-refractivity contribution is -0.145. The molecule has 1 aromatic carbocycles. The number of hydrogen-bond acceptors (Lipinski definition) is 3. The SMILES string of the molecule is CCOC(=O)C(N)Cc1cc(C(F)(F)F)ccc1C(F)(F)F. The quantitative estimate of drug-likeness (QED) is 0.682. The number of rotatable bonds is 4. The zero-order chi connectivity index (χ0) is 17.1. The molecular formula is C13H13F6NO2. The first-order valence-corrected chi connectivity index (χ1v) is 6.16. The van der Waals surface area contributed by atoms with Crippen LogP contribution in [0.1, 0.15) is 23.6 Å². The summed E-state index contributed by atoms with van der Waals surface area (Å²) in [6.45, 7) is 1.43. The van der Waals surface area contributed by atoms with Crippen LogP contribution < -0.4 is 5.73 Å². The zero-order valence-corrected chi connectivity index (χ0v) is 11.4. The fraction of sp³-hybridized carbons (Fsp3) is 0.462. The van der Waals surface area contributed by atoms with Crippen molar-refractivity contribution in [3.63, 3.8) is 0 Å². The van der Waals surface area contributed by atoms with E-state index in [0.29, 0.717) is 18.2 Å². The molecule has 3 nitrogen and oxygen atoms in total. The summed E-state index contributed by atoms with van der Waals surface area (Å²) >= 11 is 0. The Morgan fingerprint density at radius 1 is 1.18 bits per heavy atom. The average molecular weight is 329 g/mol. The second kappa shape index (κ2) is 6.55. The predicted octanol–water partition coefficient (Wildman–Crippen LogP) is 3.16. The van der Waals surface area contributed by atoms with Gasteiger partial charge in [0.2, 0.25) is 0 Å². The van der Waals surface area contributed by atoms with Crippen molar-refractivity contribution >= 4 is 5.97 Å². The van der Waals surface area contributed by atoms with Crippen LogP contribution in [0.4, 0.5) is 26.3 Å². The molecular weight excluding hydrogens is 316 g/mol. The van der Waals surface area contributed by atoms with E-state index >= 15 is 0 Å². The fourth-order valence-corrected chi connectivity index (χ4v) is 1.79. The third kappa shape index (κ3) is 4.62. The lowest BCUT2D eigenvalue weighted by Gasteiger charge is -2.18. The Morgan fingerprint density at radius 2 is 1.77 bits per heavy atom. The molecule has 124 valence electrons. The van der Waals surface area contributed by atoms with Gasteiger partial charge in [0.05, 0.1) is 17.7 Å². The van der Waals surface area contributed by atoms with E-state index in [0.717, 1.165) is 0 Å². The second-order valence-corrected chi connectivity index (χ2v) is 4.43. The molecule has 0 bridgehead atoms. The van der Waals surface area contributed by atoms with Gasteiger partial charge in [0.25, 0.3) is 0 Å². The van der Waals surface area contributed by atoms with Gasteiger partial charge in [0.15, 0.2) is 0 Å². The van der Waals surface area contributed by atoms with Crippen molar-refractivity contribution in [3.8, 4) is 0 Å². The van der Waals surface area contributed by atoms with Crippen LogP contribution in [0.15, 0.2) is 18.2 Å². The number of hydrogen-bond donors (Lipinski definition) is 1. The topological polar surface area (TPSA) is 52.3 Å². The van der Waals surface area contributed by atoms with Crippen molar-refractivity contribution in [3.05, 3.63) is 34.9 Å². The molecule has 0 amide bonds. The fourth-order valence-electron chi connectivity index (χ4n) is 1.79. The number of benzene rings is 1. The van der Waals surface area contributed by atoms with Crippen molar-refractivity contribution in [1.82, 2.24) is 0 Å². The monoisotopic (exact) mass is 329 g/mol. The van der Waals surface area contributed by atoms with Crippen LogP contribution in [-0.2, 0) is 28.3 Å². The van der Waals surface area contributed by atoms with Crippen molar-refractivity contribution in [2.24, 2.45) is 5.73 Å². The number of alkyl halides is 6. The van der Waals surface area contributed by atoms with Crippen LogP contribution in [0.5, 0.6) is 0 Å². The molecule has 1 aromatic rings. The summed E-state index contributed by atoms with van der Waals surface area (Å²) in [6, 6.07) is -0.468. The molecule has 0 aromatic heterocycles. The maximum absolute atomic E-state index is 12.8. The molecule has 0 radical (unpaired) electrons. The highest BCUT2D eigenvalue weighted by Gasteiger charge is 2.37. The third-order valence-corrected chi connectivity index (χ3v) is 2.77. The standard InChI is InChI=1S/C13H13F6NO2/c1-2-22-11(21)10(20)6-7-5-8(12(14,15)16)3-4-9(7)13(17,18)19/h3-5,10H,2,6,20H2,1H3. The van der Waals surface area contributed by atoms with Crippen LogP contribution in [0.25, 0.3) is 0 Å². The van der Waals surface area contributed by atoms with Gasteiger partial charge in [-0.25, -0.2) is 0 Å². The van der Waals surface area contributed by atoms with Crippen molar-refractivity contribution in [2.75, 3.05) is 6.61 Å². The smallest absolute Gasteiger partial charge is 0.416 e. The Bertz CT molecular complexity index is 538. The van der Waals surface area contributed by atoms with Gasteiger partial charge in [-0.2, -0.15) is 26.3 Å². The Labute approximate surface area is 122 Å². The summed E-state index contributed by atoms with van der Waals surface area (Å²) in [5, 5.41) is 0. The number of nitrogens with two attached hydrogens (primary N) is 1. The highest BCUT2D eigenvalue weighted by atomic mass is 19.4. The van der Waals surface area contributed by atoms with E-state index in [1.54, 1.807) is 0 Å². The Hall–Kier alpha value is -1.77. The first-order chi connectivity index (χ1) is 9.96. The van der Waals surface area contributed by atoms with Gasteiger partial charge in [-0.1, -0.05) is 0 Å².